The second kappa shape index (κ2) is 6.60. The first-order valence-corrected chi connectivity index (χ1v) is 6.42. The summed E-state index contributed by atoms with van der Waals surface area (Å²) in [7, 11) is 0. The SMILES string of the molecule is Cl.c1ccc(COc2cccc([C@H]3CCN3)c2)cc1. The minimum Gasteiger partial charge on any atom is -0.489 e. The molecule has 0 unspecified atom stereocenters. The van der Waals surface area contributed by atoms with E-state index in [4.69, 9.17) is 4.74 Å². The van der Waals surface area contributed by atoms with Crippen LogP contribution in [0.15, 0.2) is 54.6 Å². The van der Waals surface area contributed by atoms with E-state index in [1.807, 2.05) is 24.3 Å². The molecule has 0 aliphatic carbocycles. The summed E-state index contributed by atoms with van der Waals surface area (Å²) in [6.45, 7) is 1.75. The Morgan fingerprint density at radius 2 is 1.84 bits per heavy atom. The summed E-state index contributed by atoms with van der Waals surface area (Å²) in [6.07, 6.45) is 1.22. The van der Waals surface area contributed by atoms with Gasteiger partial charge >= 0.3 is 0 Å². The number of rotatable bonds is 4. The van der Waals surface area contributed by atoms with Crippen LogP contribution in [0.25, 0.3) is 0 Å². The zero-order valence-corrected chi connectivity index (χ0v) is 11.5. The molecule has 1 atom stereocenters. The molecule has 2 nitrogen and oxygen atoms in total. The van der Waals surface area contributed by atoms with Gasteiger partial charge in [0.1, 0.15) is 12.4 Å². The standard InChI is InChI=1S/C16H17NO.ClH/c1-2-5-13(6-3-1)12-18-15-8-4-7-14(11-15)16-9-10-17-16;/h1-8,11,16-17H,9-10,12H2;1H/t16-;/m1./s1. The van der Waals surface area contributed by atoms with Gasteiger partial charge in [-0.25, -0.2) is 0 Å². The molecule has 100 valence electrons. The fourth-order valence-electron chi connectivity index (χ4n) is 2.14. The first-order valence-electron chi connectivity index (χ1n) is 6.42. The van der Waals surface area contributed by atoms with Crippen LogP contribution in [0, 0.1) is 0 Å². The summed E-state index contributed by atoms with van der Waals surface area (Å²) >= 11 is 0. The lowest BCUT2D eigenvalue weighted by molar-refractivity contribution is 0.304. The average Bonchev–Trinajstić information content (AvgIpc) is 2.36. The second-order valence-corrected chi connectivity index (χ2v) is 4.64. The van der Waals surface area contributed by atoms with Crippen molar-refractivity contribution in [3.8, 4) is 5.75 Å². The summed E-state index contributed by atoms with van der Waals surface area (Å²) in [6, 6.07) is 19.2. The first kappa shape index (κ1) is 13.9. The van der Waals surface area contributed by atoms with Gasteiger partial charge in [0.25, 0.3) is 0 Å². The lowest BCUT2D eigenvalue weighted by Gasteiger charge is -2.28. The third-order valence-corrected chi connectivity index (χ3v) is 3.33. The van der Waals surface area contributed by atoms with Gasteiger partial charge in [0.15, 0.2) is 0 Å². The Morgan fingerprint density at radius 3 is 2.53 bits per heavy atom. The highest BCUT2D eigenvalue weighted by molar-refractivity contribution is 5.85. The van der Waals surface area contributed by atoms with Crippen molar-refractivity contribution in [1.29, 1.82) is 0 Å². The molecule has 1 heterocycles. The van der Waals surface area contributed by atoms with E-state index in [0.29, 0.717) is 12.6 Å². The highest BCUT2D eigenvalue weighted by Crippen LogP contribution is 2.26. The smallest absolute Gasteiger partial charge is 0.120 e. The van der Waals surface area contributed by atoms with Gasteiger partial charge < -0.3 is 10.1 Å². The molecule has 0 spiro atoms. The van der Waals surface area contributed by atoms with Gasteiger partial charge in [-0.15, -0.1) is 12.4 Å². The molecule has 19 heavy (non-hydrogen) atoms. The number of hydrogen-bond donors (Lipinski definition) is 1. The molecule has 1 N–H and O–H groups in total. The zero-order valence-electron chi connectivity index (χ0n) is 10.7. The zero-order chi connectivity index (χ0) is 12.2. The second-order valence-electron chi connectivity index (χ2n) is 4.64. The Balaban J connectivity index is 0.00000133. The number of nitrogens with one attached hydrogen (secondary N) is 1. The predicted octanol–water partition coefficient (Wildman–Crippen LogP) is 3.72. The van der Waals surface area contributed by atoms with Crippen LogP contribution in [0.4, 0.5) is 0 Å². The van der Waals surface area contributed by atoms with Crippen molar-refractivity contribution in [2.24, 2.45) is 0 Å². The monoisotopic (exact) mass is 275 g/mol. The van der Waals surface area contributed by atoms with Crippen LogP contribution in [0.3, 0.4) is 0 Å². The number of ether oxygens (including phenoxy) is 1. The van der Waals surface area contributed by atoms with Gasteiger partial charge in [-0.3, -0.25) is 0 Å². The summed E-state index contributed by atoms with van der Waals surface area (Å²) in [5, 5.41) is 3.41. The lowest BCUT2D eigenvalue weighted by atomic mass is 9.98. The van der Waals surface area contributed by atoms with Gasteiger partial charge in [-0.2, -0.15) is 0 Å². The molecule has 0 bridgehead atoms. The maximum Gasteiger partial charge on any atom is 0.120 e. The maximum absolute atomic E-state index is 5.82. The molecule has 1 aliphatic rings. The topological polar surface area (TPSA) is 21.3 Å². The Hall–Kier alpha value is -1.51. The minimum atomic E-state index is 0. The molecule has 0 amide bonds. The third-order valence-electron chi connectivity index (χ3n) is 3.33. The van der Waals surface area contributed by atoms with E-state index in [1.54, 1.807) is 0 Å². The van der Waals surface area contributed by atoms with Crippen molar-refractivity contribution in [3.63, 3.8) is 0 Å². The van der Waals surface area contributed by atoms with E-state index in [2.05, 4.69) is 35.6 Å². The highest BCUT2D eigenvalue weighted by atomic mass is 35.5. The van der Waals surface area contributed by atoms with Crippen LogP contribution in [0.1, 0.15) is 23.6 Å². The number of halogens is 1. The van der Waals surface area contributed by atoms with E-state index >= 15 is 0 Å². The van der Waals surface area contributed by atoms with Crippen LogP contribution < -0.4 is 10.1 Å². The molecular formula is C16H18ClNO. The molecule has 3 heteroatoms. The van der Waals surface area contributed by atoms with E-state index in [1.165, 1.54) is 17.5 Å². The molecule has 0 saturated carbocycles. The molecule has 2 aromatic carbocycles. The molecule has 0 aromatic heterocycles. The van der Waals surface area contributed by atoms with Gasteiger partial charge in [0.05, 0.1) is 0 Å². The lowest BCUT2D eigenvalue weighted by Crippen LogP contribution is -2.34. The maximum atomic E-state index is 5.82. The minimum absolute atomic E-state index is 0. The van der Waals surface area contributed by atoms with Gasteiger partial charge in [-0.05, 0) is 36.2 Å². The predicted molar refractivity (Wildman–Crippen MR) is 79.8 cm³/mol. The summed E-state index contributed by atoms with van der Waals surface area (Å²) in [4.78, 5) is 0. The van der Waals surface area contributed by atoms with E-state index in [-0.39, 0.29) is 12.4 Å². The number of hydrogen-bond acceptors (Lipinski definition) is 2. The van der Waals surface area contributed by atoms with Crippen molar-refractivity contribution in [3.05, 3.63) is 65.7 Å². The Kier molecular flexibility index (Phi) is 4.83. The molecule has 2 aromatic rings. The molecule has 3 rings (SSSR count). The fourth-order valence-corrected chi connectivity index (χ4v) is 2.14. The Morgan fingerprint density at radius 1 is 1.05 bits per heavy atom. The average molecular weight is 276 g/mol. The van der Waals surface area contributed by atoms with Crippen LogP contribution >= 0.6 is 12.4 Å². The summed E-state index contributed by atoms with van der Waals surface area (Å²) < 4.78 is 5.82. The Bertz CT molecular complexity index is 511. The molecule has 0 radical (unpaired) electrons. The van der Waals surface area contributed by atoms with Crippen LogP contribution in [0.2, 0.25) is 0 Å². The van der Waals surface area contributed by atoms with Crippen LogP contribution in [-0.2, 0) is 6.61 Å². The van der Waals surface area contributed by atoms with Gasteiger partial charge in [0.2, 0.25) is 0 Å². The van der Waals surface area contributed by atoms with Crippen molar-refractivity contribution < 1.29 is 4.74 Å². The van der Waals surface area contributed by atoms with Crippen molar-refractivity contribution in [2.45, 2.75) is 19.1 Å². The first-order chi connectivity index (χ1) is 8.92. The van der Waals surface area contributed by atoms with Gasteiger partial charge in [0, 0.05) is 6.04 Å². The van der Waals surface area contributed by atoms with Crippen LogP contribution in [-0.4, -0.2) is 6.54 Å². The van der Waals surface area contributed by atoms with Gasteiger partial charge in [-0.1, -0.05) is 42.5 Å². The summed E-state index contributed by atoms with van der Waals surface area (Å²) in [5.74, 6) is 0.949. The normalized spacial score (nSPS) is 17.2. The number of benzene rings is 2. The quantitative estimate of drug-likeness (QED) is 0.918. The van der Waals surface area contributed by atoms with Crippen molar-refractivity contribution >= 4 is 12.4 Å². The largest absolute Gasteiger partial charge is 0.489 e. The molecular weight excluding hydrogens is 258 g/mol. The van der Waals surface area contributed by atoms with E-state index < -0.39 is 0 Å². The third kappa shape index (κ3) is 3.49. The van der Waals surface area contributed by atoms with E-state index in [9.17, 15) is 0 Å². The Labute approximate surface area is 120 Å². The van der Waals surface area contributed by atoms with E-state index in [0.717, 1.165) is 12.3 Å². The van der Waals surface area contributed by atoms with Crippen LogP contribution in [0.5, 0.6) is 5.75 Å². The van der Waals surface area contributed by atoms with Crippen molar-refractivity contribution in [2.75, 3.05) is 6.54 Å². The van der Waals surface area contributed by atoms with Crippen molar-refractivity contribution in [1.82, 2.24) is 5.32 Å². The summed E-state index contributed by atoms with van der Waals surface area (Å²) in [5.41, 5.74) is 2.52. The molecule has 1 saturated heterocycles. The molecule has 1 fully saturated rings. The molecule has 1 aliphatic heterocycles. The highest BCUT2D eigenvalue weighted by Gasteiger charge is 2.18. The fraction of sp³-hybridized carbons (Fsp3) is 0.250.